The van der Waals surface area contributed by atoms with Gasteiger partial charge in [0.25, 0.3) is 0 Å². The predicted molar refractivity (Wildman–Crippen MR) is 81.5 cm³/mol. The number of rotatable bonds is 7. The predicted octanol–water partition coefficient (Wildman–Crippen LogP) is 0.984. The monoisotopic (exact) mass is 311 g/mol. The number of nitriles is 1. The Morgan fingerprint density at radius 3 is 2.57 bits per heavy atom. The van der Waals surface area contributed by atoms with Crippen LogP contribution < -0.4 is 14.8 Å². The van der Waals surface area contributed by atoms with Gasteiger partial charge in [-0.05, 0) is 32.0 Å². The molecule has 7 heteroatoms. The molecule has 1 aromatic rings. The highest BCUT2D eigenvalue weighted by Gasteiger charge is 2.21. The molecular weight excluding hydrogens is 290 g/mol. The zero-order valence-corrected chi connectivity index (χ0v) is 13.5. The smallest absolute Gasteiger partial charge is 0.209 e. The summed E-state index contributed by atoms with van der Waals surface area (Å²) in [5.41, 5.74) is 0.807. The summed E-state index contributed by atoms with van der Waals surface area (Å²) < 4.78 is 30.3. The van der Waals surface area contributed by atoms with Crippen LogP contribution in [0.4, 0.5) is 0 Å². The molecule has 0 aromatic heterocycles. The van der Waals surface area contributed by atoms with E-state index in [4.69, 9.17) is 10.00 Å². The van der Waals surface area contributed by atoms with Gasteiger partial charge < -0.3 is 10.1 Å². The van der Waals surface area contributed by atoms with Gasteiger partial charge in [-0.15, -0.1) is 0 Å². The zero-order chi connectivity index (χ0) is 16.1. The van der Waals surface area contributed by atoms with Gasteiger partial charge in [-0.2, -0.15) is 5.26 Å². The Labute approximate surface area is 126 Å². The largest absolute Gasteiger partial charge is 0.496 e. The van der Waals surface area contributed by atoms with Gasteiger partial charge in [-0.3, -0.25) is 0 Å². The highest BCUT2D eigenvalue weighted by Crippen LogP contribution is 2.19. The van der Waals surface area contributed by atoms with Crippen molar-refractivity contribution >= 4 is 10.0 Å². The maximum Gasteiger partial charge on any atom is 0.209 e. The summed E-state index contributed by atoms with van der Waals surface area (Å²) in [7, 11) is -1.69. The van der Waals surface area contributed by atoms with E-state index in [0.29, 0.717) is 24.4 Å². The van der Waals surface area contributed by atoms with Crippen molar-refractivity contribution in [3.05, 3.63) is 29.3 Å². The first-order valence-electron chi connectivity index (χ1n) is 6.43. The summed E-state index contributed by atoms with van der Waals surface area (Å²) in [5, 5.41) is 12.1. The second kappa shape index (κ2) is 6.89. The van der Waals surface area contributed by atoms with Gasteiger partial charge in [0.2, 0.25) is 10.0 Å². The number of sulfonamides is 1. The summed E-state index contributed by atoms with van der Waals surface area (Å²) in [6.45, 7) is 4.52. The van der Waals surface area contributed by atoms with Gasteiger partial charge in [-0.1, -0.05) is 0 Å². The lowest BCUT2D eigenvalue weighted by atomic mass is 10.1. The van der Waals surface area contributed by atoms with E-state index in [2.05, 4.69) is 16.1 Å². The SMILES string of the molecule is COc1ccc(C#N)cc1CNCC(C)(C)NS(C)(=O)=O. The van der Waals surface area contributed by atoms with Gasteiger partial charge >= 0.3 is 0 Å². The molecule has 0 atom stereocenters. The molecule has 0 saturated heterocycles. The van der Waals surface area contributed by atoms with Crippen LogP contribution in [0.25, 0.3) is 0 Å². The lowest BCUT2D eigenvalue weighted by molar-refractivity contribution is 0.398. The van der Waals surface area contributed by atoms with Crippen molar-refractivity contribution in [1.29, 1.82) is 5.26 Å². The molecule has 0 saturated carbocycles. The highest BCUT2D eigenvalue weighted by molar-refractivity contribution is 7.88. The van der Waals surface area contributed by atoms with Crippen molar-refractivity contribution in [3.63, 3.8) is 0 Å². The van der Waals surface area contributed by atoms with Crippen LogP contribution in [0.3, 0.4) is 0 Å². The Morgan fingerprint density at radius 2 is 2.05 bits per heavy atom. The minimum absolute atomic E-state index is 0.444. The molecule has 21 heavy (non-hydrogen) atoms. The summed E-state index contributed by atoms with van der Waals surface area (Å²) >= 11 is 0. The summed E-state index contributed by atoms with van der Waals surface area (Å²) in [6, 6.07) is 7.27. The topological polar surface area (TPSA) is 91.2 Å². The van der Waals surface area contributed by atoms with Crippen LogP contribution >= 0.6 is 0 Å². The highest BCUT2D eigenvalue weighted by atomic mass is 32.2. The second-order valence-corrected chi connectivity index (χ2v) is 7.25. The number of benzene rings is 1. The molecule has 2 N–H and O–H groups in total. The Bertz CT molecular complexity index is 633. The Kier molecular flexibility index (Phi) is 5.72. The Balaban J connectivity index is 2.70. The standard InChI is InChI=1S/C14H21N3O3S/c1-14(2,17-21(4,18)19)10-16-9-12-7-11(8-15)5-6-13(12)20-3/h5-7,16-17H,9-10H2,1-4H3. The van der Waals surface area contributed by atoms with Crippen LogP contribution in [0.5, 0.6) is 5.75 Å². The maximum absolute atomic E-state index is 11.3. The molecule has 0 radical (unpaired) electrons. The minimum atomic E-state index is -3.26. The van der Waals surface area contributed by atoms with E-state index < -0.39 is 15.6 Å². The molecule has 0 spiro atoms. The van der Waals surface area contributed by atoms with E-state index in [1.54, 1.807) is 39.2 Å². The Morgan fingerprint density at radius 1 is 1.38 bits per heavy atom. The molecule has 1 aromatic carbocycles. The lowest BCUT2D eigenvalue weighted by Gasteiger charge is -2.25. The molecule has 1 rings (SSSR count). The molecule has 0 fully saturated rings. The number of ether oxygens (including phenoxy) is 1. The molecule has 0 amide bonds. The fraction of sp³-hybridized carbons (Fsp3) is 0.500. The van der Waals surface area contributed by atoms with Crippen molar-refractivity contribution in [2.24, 2.45) is 0 Å². The van der Waals surface area contributed by atoms with Crippen molar-refractivity contribution in [2.75, 3.05) is 19.9 Å². The Hall–Kier alpha value is -1.62. The fourth-order valence-electron chi connectivity index (χ4n) is 2.03. The van der Waals surface area contributed by atoms with Crippen LogP contribution in [-0.2, 0) is 16.6 Å². The van der Waals surface area contributed by atoms with E-state index >= 15 is 0 Å². The van der Waals surface area contributed by atoms with Crippen molar-refractivity contribution < 1.29 is 13.2 Å². The molecule has 0 heterocycles. The third-order valence-electron chi connectivity index (χ3n) is 2.75. The van der Waals surface area contributed by atoms with Crippen molar-refractivity contribution in [2.45, 2.75) is 25.9 Å². The van der Waals surface area contributed by atoms with E-state index in [1.165, 1.54) is 0 Å². The average molecular weight is 311 g/mol. The molecule has 116 valence electrons. The second-order valence-electron chi connectivity index (χ2n) is 5.50. The van der Waals surface area contributed by atoms with Crippen LogP contribution in [-0.4, -0.2) is 33.9 Å². The molecule has 0 aliphatic heterocycles. The van der Waals surface area contributed by atoms with E-state index in [9.17, 15) is 8.42 Å². The van der Waals surface area contributed by atoms with Crippen LogP contribution in [0, 0.1) is 11.3 Å². The van der Waals surface area contributed by atoms with Gasteiger partial charge in [0.15, 0.2) is 0 Å². The molecule has 6 nitrogen and oxygen atoms in total. The van der Waals surface area contributed by atoms with Gasteiger partial charge in [0, 0.05) is 24.2 Å². The summed E-state index contributed by atoms with van der Waals surface area (Å²) in [6.07, 6.45) is 1.13. The third kappa shape index (κ3) is 6.12. The van der Waals surface area contributed by atoms with E-state index in [1.807, 2.05) is 0 Å². The van der Waals surface area contributed by atoms with E-state index in [0.717, 1.165) is 11.8 Å². The van der Waals surface area contributed by atoms with Crippen molar-refractivity contribution in [3.8, 4) is 11.8 Å². The van der Waals surface area contributed by atoms with Crippen molar-refractivity contribution in [1.82, 2.24) is 10.0 Å². The van der Waals surface area contributed by atoms with Crippen LogP contribution in [0.15, 0.2) is 18.2 Å². The average Bonchev–Trinajstić information content (AvgIpc) is 2.35. The number of nitrogens with one attached hydrogen (secondary N) is 2. The molecular formula is C14H21N3O3S. The van der Waals surface area contributed by atoms with E-state index in [-0.39, 0.29) is 0 Å². The third-order valence-corrected chi connectivity index (χ3v) is 3.68. The fourth-order valence-corrected chi connectivity index (χ4v) is 3.11. The summed E-state index contributed by atoms with van der Waals surface area (Å²) in [5.74, 6) is 0.690. The quantitative estimate of drug-likeness (QED) is 0.783. The first-order chi connectivity index (χ1) is 9.67. The van der Waals surface area contributed by atoms with Crippen LogP contribution in [0.2, 0.25) is 0 Å². The molecule has 0 aliphatic rings. The van der Waals surface area contributed by atoms with Gasteiger partial charge in [0.05, 0.1) is 25.0 Å². The van der Waals surface area contributed by atoms with Gasteiger partial charge in [-0.25, -0.2) is 13.1 Å². The molecule has 0 aliphatic carbocycles. The lowest BCUT2D eigenvalue weighted by Crippen LogP contribution is -2.49. The maximum atomic E-state index is 11.3. The number of hydrogen-bond donors (Lipinski definition) is 2. The van der Waals surface area contributed by atoms with Crippen LogP contribution in [0.1, 0.15) is 25.0 Å². The normalized spacial score (nSPS) is 12.0. The van der Waals surface area contributed by atoms with Gasteiger partial charge in [0.1, 0.15) is 5.75 Å². The minimum Gasteiger partial charge on any atom is -0.496 e. The molecule has 0 bridgehead atoms. The number of methoxy groups -OCH3 is 1. The number of nitrogens with zero attached hydrogens (tertiary/aromatic N) is 1. The number of hydrogen-bond acceptors (Lipinski definition) is 5. The zero-order valence-electron chi connectivity index (χ0n) is 12.7. The first-order valence-corrected chi connectivity index (χ1v) is 8.33. The molecule has 0 unspecified atom stereocenters. The first kappa shape index (κ1) is 17.4. The summed E-state index contributed by atoms with van der Waals surface area (Å²) in [4.78, 5) is 0.